The van der Waals surface area contributed by atoms with Crippen molar-refractivity contribution < 1.29 is 20.1 Å². The first-order valence-electron chi connectivity index (χ1n) is 3.07. The summed E-state index contributed by atoms with van der Waals surface area (Å²) in [6.07, 6.45) is 0. The normalized spacial score (nSPS) is 9.67. The van der Waals surface area contributed by atoms with Crippen LogP contribution in [0.25, 0.3) is 0 Å². The Kier molecular flexibility index (Phi) is 1.78. The van der Waals surface area contributed by atoms with E-state index in [0.717, 1.165) is 12.1 Å². The molecule has 0 heterocycles. The lowest BCUT2D eigenvalue weighted by atomic mass is 10.1. The van der Waals surface area contributed by atoms with Crippen LogP contribution in [0.15, 0.2) is 12.1 Å². The maximum Gasteiger partial charge on any atom is 0.337 e. The number of nitrogens with two attached hydrogens (primary N) is 1. The van der Waals surface area contributed by atoms with Crippen LogP contribution in [-0.2, 0) is 0 Å². The van der Waals surface area contributed by atoms with Crippen molar-refractivity contribution in [3.05, 3.63) is 17.7 Å². The number of aromatic hydroxyl groups is 2. The van der Waals surface area contributed by atoms with Crippen molar-refractivity contribution in [1.82, 2.24) is 0 Å². The zero-order valence-corrected chi connectivity index (χ0v) is 5.98. The second kappa shape index (κ2) is 2.61. The molecule has 0 fully saturated rings. The Balaban J connectivity index is 3.36. The lowest BCUT2D eigenvalue weighted by Crippen LogP contribution is -2.01. The van der Waals surface area contributed by atoms with E-state index in [2.05, 4.69) is 0 Å². The molecule has 64 valence electrons. The van der Waals surface area contributed by atoms with Gasteiger partial charge in [-0.25, -0.2) is 4.79 Å². The van der Waals surface area contributed by atoms with E-state index in [1.165, 1.54) is 0 Å². The van der Waals surface area contributed by atoms with Gasteiger partial charge in [-0.3, -0.25) is 0 Å². The quantitative estimate of drug-likeness (QED) is 0.359. The van der Waals surface area contributed by atoms with Crippen LogP contribution in [-0.4, -0.2) is 21.3 Å². The summed E-state index contributed by atoms with van der Waals surface area (Å²) in [4.78, 5) is 10.4. The molecule has 0 saturated carbocycles. The number of anilines is 1. The molecular formula is C7H7NO4. The summed E-state index contributed by atoms with van der Waals surface area (Å²) < 4.78 is 0. The largest absolute Gasteiger partial charge is 0.504 e. The molecule has 12 heavy (non-hydrogen) atoms. The highest BCUT2D eigenvalue weighted by molar-refractivity contribution is 5.95. The molecule has 1 aromatic carbocycles. The minimum Gasteiger partial charge on any atom is -0.504 e. The number of carbonyl (C=O) groups is 1. The van der Waals surface area contributed by atoms with Crippen LogP contribution in [0.5, 0.6) is 11.5 Å². The highest BCUT2D eigenvalue weighted by Gasteiger charge is 2.13. The van der Waals surface area contributed by atoms with Gasteiger partial charge in [0.25, 0.3) is 0 Å². The van der Waals surface area contributed by atoms with Gasteiger partial charge in [-0.1, -0.05) is 0 Å². The van der Waals surface area contributed by atoms with Crippen LogP contribution in [0.1, 0.15) is 10.4 Å². The molecular weight excluding hydrogens is 162 g/mol. The molecule has 0 bridgehead atoms. The topological polar surface area (TPSA) is 104 Å². The van der Waals surface area contributed by atoms with E-state index in [-0.39, 0.29) is 11.3 Å². The molecule has 0 amide bonds. The van der Waals surface area contributed by atoms with Crippen molar-refractivity contribution in [3.8, 4) is 11.5 Å². The molecule has 0 saturated heterocycles. The summed E-state index contributed by atoms with van der Waals surface area (Å²) in [5.74, 6) is -2.28. The van der Waals surface area contributed by atoms with E-state index in [1.54, 1.807) is 0 Å². The molecule has 0 spiro atoms. The summed E-state index contributed by atoms with van der Waals surface area (Å²) in [5.41, 5.74) is 4.63. The first-order valence-corrected chi connectivity index (χ1v) is 3.07. The Bertz CT molecular complexity index is 334. The van der Waals surface area contributed by atoms with Crippen molar-refractivity contribution in [2.45, 2.75) is 0 Å². The van der Waals surface area contributed by atoms with E-state index in [0.29, 0.717) is 0 Å². The summed E-state index contributed by atoms with van der Waals surface area (Å²) in [6, 6.07) is 2.18. The molecule has 0 aromatic heterocycles. The Morgan fingerprint density at radius 3 is 2.42 bits per heavy atom. The fraction of sp³-hybridized carbons (Fsp3) is 0. The predicted molar refractivity (Wildman–Crippen MR) is 41.1 cm³/mol. The SMILES string of the molecule is Nc1c(C(=O)O)ccc(O)c1O. The number of hydrogen-bond donors (Lipinski definition) is 4. The van der Waals surface area contributed by atoms with Crippen LogP contribution >= 0.6 is 0 Å². The van der Waals surface area contributed by atoms with Crippen molar-refractivity contribution in [2.75, 3.05) is 5.73 Å². The van der Waals surface area contributed by atoms with Crippen LogP contribution in [0.4, 0.5) is 5.69 Å². The summed E-state index contributed by atoms with van der Waals surface area (Å²) in [5, 5.41) is 26.4. The Hall–Kier alpha value is -1.91. The van der Waals surface area contributed by atoms with Gasteiger partial charge in [0.05, 0.1) is 11.3 Å². The predicted octanol–water partition coefficient (Wildman–Crippen LogP) is 0.378. The van der Waals surface area contributed by atoms with Gasteiger partial charge in [-0.15, -0.1) is 0 Å². The first-order chi connectivity index (χ1) is 5.54. The van der Waals surface area contributed by atoms with Crippen molar-refractivity contribution in [2.24, 2.45) is 0 Å². The highest BCUT2D eigenvalue weighted by Crippen LogP contribution is 2.33. The summed E-state index contributed by atoms with van der Waals surface area (Å²) in [6.45, 7) is 0. The van der Waals surface area contributed by atoms with E-state index in [1.807, 2.05) is 0 Å². The zero-order chi connectivity index (χ0) is 9.30. The van der Waals surface area contributed by atoms with Gasteiger partial charge in [0, 0.05) is 0 Å². The number of hydrogen-bond acceptors (Lipinski definition) is 4. The van der Waals surface area contributed by atoms with E-state index >= 15 is 0 Å². The van der Waals surface area contributed by atoms with Gasteiger partial charge in [-0.2, -0.15) is 0 Å². The standard InChI is InChI=1S/C7H7NO4/c8-5-3(7(11)12)1-2-4(9)6(5)10/h1-2,9-10H,8H2,(H,11,12). The van der Waals surface area contributed by atoms with Crippen LogP contribution in [0.2, 0.25) is 0 Å². The minimum absolute atomic E-state index is 0.231. The van der Waals surface area contributed by atoms with Crippen LogP contribution < -0.4 is 5.73 Å². The van der Waals surface area contributed by atoms with Crippen molar-refractivity contribution in [1.29, 1.82) is 0 Å². The van der Waals surface area contributed by atoms with E-state index in [4.69, 9.17) is 21.1 Å². The lowest BCUT2D eigenvalue weighted by Gasteiger charge is -2.03. The lowest BCUT2D eigenvalue weighted by molar-refractivity contribution is 0.0697. The minimum atomic E-state index is -1.25. The third-order valence-electron chi connectivity index (χ3n) is 1.43. The molecule has 0 aliphatic carbocycles. The smallest absolute Gasteiger partial charge is 0.337 e. The second-order valence-corrected chi connectivity index (χ2v) is 2.20. The molecule has 1 aromatic rings. The number of aromatic carboxylic acids is 1. The van der Waals surface area contributed by atoms with E-state index < -0.39 is 17.5 Å². The number of rotatable bonds is 1. The molecule has 0 radical (unpaired) electrons. The molecule has 5 N–H and O–H groups in total. The van der Waals surface area contributed by atoms with Crippen LogP contribution in [0, 0.1) is 0 Å². The van der Waals surface area contributed by atoms with Crippen molar-refractivity contribution in [3.63, 3.8) is 0 Å². The fourth-order valence-electron chi connectivity index (χ4n) is 0.783. The molecule has 1 rings (SSSR count). The number of phenolic OH excluding ortho intramolecular Hbond substituents is 2. The monoisotopic (exact) mass is 169 g/mol. The Morgan fingerprint density at radius 1 is 1.33 bits per heavy atom. The number of nitrogen functional groups attached to an aromatic ring is 1. The average molecular weight is 169 g/mol. The van der Waals surface area contributed by atoms with Gasteiger partial charge in [0.15, 0.2) is 11.5 Å². The second-order valence-electron chi connectivity index (χ2n) is 2.20. The first kappa shape index (κ1) is 8.19. The molecule has 5 heteroatoms. The Labute approximate surface area is 67.7 Å². The van der Waals surface area contributed by atoms with Gasteiger partial charge in [0.1, 0.15) is 0 Å². The maximum absolute atomic E-state index is 10.4. The van der Waals surface area contributed by atoms with Crippen LogP contribution in [0.3, 0.4) is 0 Å². The zero-order valence-electron chi connectivity index (χ0n) is 5.98. The maximum atomic E-state index is 10.4. The number of carboxylic acid groups (broad SMARTS) is 1. The van der Waals surface area contributed by atoms with Gasteiger partial charge in [0.2, 0.25) is 0 Å². The summed E-state index contributed by atoms with van der Waals surface area (Å²) >= 11 is 0. The van der Waals surface area contributed by atoms with Gasteiger partial charge >= 0.3 is 5.97 Å². The third-order valence-corrected chi connectivity index (χ3v) is 1.43. The third kappa shape index (κ3) is 1.12. The number of carboxylic acids is 1. The van der Waals surface area contributed by atoms with Crippen molar-refractivity contribution >= 4 is 11.7 Å². The average Bonchev–Trinajstić information content (AvgIpc) is 2.00. The molecule has 0 aliphatic rings. The molecule has 0 aliphatic heterocycles. The summed E-state index contributed by atoms with van der Waals surface area (Å²) in [7, 11) is 0. The fourth-order valence-corrected chi connectivity index (χ4v) is 0.783. The Morgan fingerprint density at radius 2 is 1.92 bits per heavy atom. The number of benzene rings is 1. The molecule has 5 nitrogen and oxygen atoms in total. The number of phenols is 2. The molecule has 0 atom stereocenters. The highest BCUT2D eigenvalue weighted by atomic mass is 16.4. The van der Waals surface area contributed by atoms with Gasteiger partial charge in [-0.05, 0) is 12.1 Å². The van der Waals surface area contributed by atoms with E-state index in [9.17, 15) is 4.79 Å². The molecule has 0 unspecified atom stereocenters. The van der Waals surface area contributed by atoms with Gasteiger partial charge < -0.3 is 21.1 Å².